The number of aromatic carboxylic acids is 1. The molecule has 0 saturated carbocycles. The van der Waals surface area contributed by atoms with Gasteiger partial charge in [-0.15, -0.1) is 0 Å². The van der Waals surface area contributed by atoms with Crippen molar-refractivity contribution >= 4 is 28.5 Å². The topological polar surface area (TPSA) is 50.2 Å². The molecule has 3 nitrogen and oxygen atoms in total. The van der Waals surface area contributed by atoms with E-state index >= 15 is 0 Å². The number of pyridine rings is 1. The lowest BCUT2D eigenvalue weighted by Gasteiger charge is -2.11. The largest absolute Gasteiger partial charge is 0.478 e. The lowest BCUT2D eigenvalue weighted by atomic mass is 9.99. The van der Waals surface area contributed by atoms with Gasteiger partial charge < -0.3 is 5.11 Å². The van der Waals surface area contributed by atoms with E-state index in [4.69, 9.17) is 11.6 Å². The van der Waals surface area contributed by atoms with Gasteiger partial charge in [-0.1, -0.05) is 30.7 Å². The molecule has 1 heterocycles. The van der Waals surface area contributed by atoms with Crippen molar-refractivity contribution in [2.75, 3.05) is 0 Å². The quantitative estimate of drug-likeness (QED) is 0.887. The number of carboxylic acid groups (broad SMARTS) is 1. The summed E-state index contributed by atoms with van der Waals surface area (Å²) in [6.45, 7) is 3.74. The monoisotopic (exact) mass is 249 g/mol. The number of hydrogen-bond acceptors (Lipinski definition) is 2. The van der Waals surface area contributed by atoms with E-state index in [2.05, 4.69) is 4.98 Å². The second kappa shape index (κ2) is 4.34. The summed E-state index contributed by atoms with van der Waals surface area (Å²) in [5, 5.41) is 10.4. The van der Waals surface area contributed by atoms with Crippen molar-refractivity contribution in [1.82, 2.24) is 4.98 Å². The summed E-state index contributed by atoms with van der Waals surface area (Å²) in [5.41, 5.74) is 2.37. The van der Waals surface area contributed by atoms with Crippen LogP contribution in [0.15, 0.2) is 18.2 Å². The summed E-state index contributed by atoms with van der Waals surface area (Å²) < 4.78 is 0. The predicted molar refractivity (Wildman–Crippen MR) is 67.8 cm³/mol. The Kier molecular flexibility index (Phi) is 3.03. The molecule has 2 aromatic rings. The molecule has 17 heavy (non-hydrogen) atoms. The van der Waals surface area contributed by atoms with E-state index in [0.29, 0.717) is 27.9 Å². The highest BCUT2D eigenvalue weighted by Gasteiger charge is 2.17. The maximum atomic E-state index is 11.4. The van der Waals surface area contributed by atoms with Crippen LogP contribution < -0.4 is 0 Å². The minimum atomic E-state index is -0.931. The molecule has 0 aliphatic rings. The van der Waals surface area contributed by atoms with Crippen LogP contribution in [0.3, 0.4) is 0 Å². The van der Waals surface area contributed by atoms with Crippen LogP contribution in [0.2, 0.25) is 5.02 Å². The molecule has 4 heteroatoms. The van der Waals surface area contributed by atoms with Crippen LogP contribution in [-0.4, -0.2) is 16.1 Å². The smallest absolute Gasteiger partial charge is 0.336 e. The molecule has 0 saturated heterocycles. The first-order chi connectivity index (χ1) is 8.06. The molecule has 1 aromatic carbocycles. The predicted octanol–water partition coefficient (Wildman–Crippen LogP) is 3.46. The zero-order valence-corrected chi connectivity index (χ0v) is 10.4. The van der Waals surface area contributed by atoms with Crippen LogP contribution in [0.4, 0.5) is 0 Å². The number of fused-ring (bicyclic) bond motifs is 1. The summed E-state index contributed by atoms with van der Waals surface area (Å²) >= 11 is 6.05. The Bertz CT molecular complexity index is 608. The molecular weight excluding hydrogens is 238 g/mol. The van der Waals surface area contributed by atoms with E-state index in [-0.39, 0.29) is 0 Å². The zero-order chi connectivity index (χ0) is 12.6. The van der Waals surface area contributed by atoms with Gasteiger partial charge in [0.2, 0.25) is 0 Å². The van der Waals surface area contributed by atoms with E-state index in [1.165, 1.54) is 0 Å². The molecule has 88 valence electrons. The molecule has 0 atom stereocenters. The van der Waals surface area contributed by atoms with Crippen molar-refractivity contribution in [3.05, 3.63) is 40.0 Å². The highest BCUT2D eigenvalue weighted by molar-refractivity contribution is 6.35. The van der Waals surface area contributed by atoms with Crippen LogP contribution in [0.25, 0.3) is 10.9 Å². The van der Waals surface area contributed by atoms with Crippen LogP contribution in [0.5, 0.6) is 0 Å². The van der Waals surface area contributed by atoms with Gasteiger partial charge in [0, 0.05) is 11.1 Å². The molecule has 0 fully saturated rings. The first-order valence-electron chi connectivity index (χ1n) is 5.37. The van der Waals surface area contributed by atoms with Crippen molar-refractivity contribution in [2.45, 2.75) is 20.3 Å². The second-order valence-electron chi connectivity index (χ2n) is 3.85. The highest BCUT2D eigenvalue weighted by atomic mass is 35.5. The van der Waals surface area contributed by atoms with E-state index in [9.17, 15) is 9.90 Å². The third kappa shape index (κ3) is 1.87. The molecule has 0 aliphatic heterocycles. The van der Waals surface area contributed by atoms with Crippen molar-refractivity contribution in [3.8, 4) is 0 Å². The Labute approximate surface area is 104 Å². The van der Waals surface area contributed by atoms with Crippen molar-refractivity contribution in [1.29, 1.82) is 0 Å². The molecule has 1 aromatic heterocycles. The van der Waals surface area contributed by atoms with Crippen molar-refractivity contribution in [3.63, 3.8) is 0 Å². The number of nitrogens with zero attached hydrogens (tertiary/aromatic N) is 1. The fraction of sp³-hybridized carbons (Fsp3) is 0.231. The molecule has 0 amide bonds. The van der Waals surface area contributed by atoms with E-state index < -0.39 is 5.97 Å². The van der Waals surface area contributed by atoms with E-state index in [1.54, 1.807) is 18.2 Å². The van der Waals surface area contributed by atoms with Crippen LogP contribution >= 0.6 is 11.6 Å². The van der Waals surface area contributed by atoms with Gasteiger partial charge in [0.1, 0.15) is 0 Å². The Morgan fingerprint density at radius 3 is 2.76 bits per heavy atom. The maximum absolute atomic E-state index is 11.4. The third-order valence-corrected chi connectivity index (χ3v) is 3.15. The lowest BCUT2D eigenvalue weighted by molar-refractivity contribution is 0.0697. The molecule has 0 unspecified atom stereocenters. The Hall–Kier alpha value is -1.61. The normalized spacial score (nSPS) is 10.8. The van der Waals surface area contributed by atoms with Gasteiger partial charge >= 0.3 is 5.97 Å². The minimum Gasteiger partial charge on any atom is -0.478 e. The fourth-order valence-corrected chi connectivity index (χ4v) is 2.30. The molecule has 0 spiro atoms. The van der Waals surface area contributed by atoms with Gasteiger partial charge in [0.05, 0.1) is 16.1 Å². The number of para-hydroxylation sites is 1. The fourth-order valence-electron chi connectivity index (χ4n) is 2.09. The van der Waals surface area contributed by atoms with E-state index in [0.717, 1.165) is 11.3 Å². The Morgan fingerprint density at radius 1 is 1.47 bits per heavy atom. The van der Waals surface area contributed by atoms with Crippen LogP contribution in [0, 0.1) is 6.92 Å². The summed E-state index contributed by atoms with van der Waals surface area (Å²) in [6, 6.07) is 5.21. The number of rotatable bonds is 2. The maximum Gasteiger partial charge on any atom is 0.336 e. The SMILES string of the molecule is CCc1c(C)nc2c(Cl)cccc2c1C(=O)O. The first-order valence-corrected chi connectivity index (χ1v) is 5.75. The molecule has 0 aliphatic carbocycles. The zero-order valence-electron chi connectivity index (χ0n) is 9.62. The van der Waals surface area contributed by atoms with Crippen molar-refractivity contribution < 1.29 is 9.90 Å². The number of carboxylic acids is 1. The number of aryl methyl sites for hydroxylation is 1. The molecule has 1 N–H and O–H groups in total. The average Bonchev–Trinajstić information content (AvgIpc) is 2.28. The average molecular weight is 250 g/mol. The van der Waals surface area contributed by atoms with Gasteiger partial charge in [0.15, 0.2) is 0 Å². The van der Waals surface area contributed by atoms with Crippen molar-refractivity contribution in [2.24, 2.45) is 0 Å². The van der Waals surface area contributed by atoms with Crippen LogP contribution in [0.1, 0.15) is 28.5 Å². The van der Waals surface area contributed by atoms with Gasteiger partial charge in [-0.05, 0) is 25.0 Å². The number of benzene rings is 1. The molecule has 0 radical (unpaired) electrons. The van der Waals surface area contributed by atoms with Crippen LogP contribution in [-0.2, 0) is 6.42 Å². The molecular formula is C13H12ClNO2. The summed E-state index contributed by atoms with van der Waals surface area (Å²) in [4.78, 5) is 15.8. The van der Waals surface area contributed by atoms with Gasteiger partial charge in [-0.3, -0.25) is 4.98 Å². The van der Waals surface area contributed by atoms with Gasteiger partial charge in [0.25, 0.3) is 0 Å². The van der Waals surface area contributed by atoms with Gasteiger partial charge in [-0.2, -0.15) is 0 Å². The molecule has 0 bridgehead atoms. The minimum absolute atomic E-state index is 0.317. The first kappa shape index (κ1) is 11.9. The number of carbonyl (C=O) groups is 1. The van der Waals surface area contributed by atoms with E-state index in [1.807, 2.05) is 13.8 Å². The van der Waals surface area contributed by atoms with Gasteiger partial charge in [-0.25, -0.2) is 4.79 Å². The summed E-state index contributed by atoms with van der Waals surface area (Å²) in [5.74, 6) is -0.931. The summed E-state index contributed by atoms with van der Waals surface area (Å²) in [7, 11) is 0. The Morgan fingerprint density at radius 2 is 2.18 bits per heavy atom. The number of aromatic nitrogens is 1. The standard InChI is InChI=1S/C13H12ClNO2/c1-3-8-7(2)15-12-9(11(8)13(16)17)5-4-6-10(12)14/h4-6H,3H2,1-2H3,(H,16,17). The Balaban J connectivity index is 2.98. The summed E-state index contributed by atoms with van der Waals surface area (Å²) in [6.07, 6.45) is 0.642. The third-order valence-electron chi connectivity index (χ3n) is 2.84. The number of hydrogen-bond donors (Lipinski definition) is 1. The number of halogens is 1. The highest BCUT2D eigenvalue weighted by Crippen LogP contribution is 2.28. The molecule has 2 rings (SSSR count). The lowest BCUT2D eigenvalue weighted by Crippen LogP contribution is -2.07. The second-order valence-corrected chi connectivity index (χ2v) is 4.25.